The van der Waals surface area contributed by atoms with Gasteiger partial charge in [-0.05, 0) is 60.9 Å². The number of carboxylic acid groups (broad SMARTS) is 1. The Hall–Kier alpha value is -2.99. The third-order valence-corrected chi connectivity index (χ3v) is 8.51. The number of nitrogens with zero attached hydrogens (tertiary/aromatic N) is 2. The topological polar surface area (TPSA) is 70.1 Å². The molecule has 2 atom stereocenters. The number of carbonyl (C=O) groups excluding carboxylic acids is 1. The van der Waals surface area contributed by atoms with Gasteiger partial charge in [-0.25, -0.2) is 18.0 Å². The molecule has 2 heterocycles. The highest BCUT2D eigenvalue weighted by molar-refractivity contribution is 6.31. The van der Waals surface area contributed by atoms with Gasteiger partial charge in [0.2, 0.25) is 0 Å². The second kappa shape index (κ2) is 11.6. The molecule has 0 radical (unpaired) electrons. The molecule has 13 heteroatoms. The van der Waals surface area contributed by atoms with E-state index in [-0.39, 0.29) is 54.7 Å². The van der Waals surface area contributed by atoms with Crippen LogP contribution in [0.4, 0.5) is 26.3 Å². The van der Waals surface area contributed by atoms with Crippen LogP contribution in [-0.4, -0.2) is 70.9 Å². The molecule has 2 aliphatic heterocycles. The number of likely N-dealkylation sites (tertiary alicyclic amines) is 2. The molecule has 3 aliphatic rings. The molecule has 228 valence electrons. The minimum absolute atomic E-state index is 0.0190. The molecule has 5 rings (SSSR count). The Morgan fingerprint density at radius 1 is 1.12 bits per heavy atom. The molecule has 2 aromatic rings. The predicted molar refractivity (Wildman–Crippen MR) is 141 cm³/mol. The maximum absolute atomic E-state index is 15.7. The molecular formula is C29H29ClF6N2O4. The molecule has 0 bridgehead atoms. The van der Waals surface area contributed by atoms with Crippen LogP contribution >= 0.6 is 11.6 Å². The van der Waals surface area contributed by atoms with Crippen molar-refractivity contribution in [2.45, 2.75) is 68.6 Å². The first kappa shape index (κ1) is 30.5. The summed E-state index contributed by atoms with van der Waals surface area (Å²) in [4.78, 5) is 27.2. The second-order valence-corrected chi connectivity index (χ2v) is 11.7. The number of ether oxygens (including phenoxy) is 1. The van der Waals surface area contributed by atoms with E-state index in [0.717, 1.165) is 35.9 Å². The standard InChI is InChI=1S/C29H29ClF6N2O4/c30-22-9-18(29(34,35)36)4-3-17(22)13-37-7-5-28(33,6-8-37)15-42-25-12-23(32)21(11-20(25)16-1-2-16)26(39)38-14-19(31)10-24(38)27(40)41/h3-4,9,11-12,16,19,24H,1-2,5-8,10,13-15H2,(H,40,41)/t19-,24+/m1/s1. The first-order valence-corrected chi connectivity index (χ1v) is 14.0. The average molecular weight is 619 g/mol. The van der Waals surface area contributed by atoms with Crippen molar-refractivity contribution < 1.29 is 45.8 Å². The maximum Gasteiger partial charge on any atom is 0.416 e. The fourth-order valence-electron chi connectivity index (χ4n) is 5.53. The molecule has 3 fully saturated rings. The number of hydrogen-bond acceptors (Lipinski definition) is 4. The summed E-state index contributed by atoms with van der Waals surface area (Å²) in [6.07, 6.45) is -4.75. The van der Waals surface area contributed by atoms with Gasteiger partial charge in [-0.1, -0.05) is 17.7 Å². The Balaban J connectivity index is 1.22. The van der Waals surface area contributed by atoms with E-state index in [4.69, 9.17) is 16.3 Å². The number of amides is 1. The SMILES string of the molecule is O=C(O)[C@@H]1C[C@@H](F)CN1C(=O)c1cc(C2CC2)c(OCC2(F)CCN(Cc3ccc(C(F)(F)F)cc3Cl)CC2)cc1F. The molecule has 42 heavy (non-hydrogen) atoms. The van der Waals surface area contributed by atoms with Crippen LogP contribution in [-0.2, 0) is 17.5 Å². The zero-order valence-electron chi connectivity index (χ0n) is 22.4. The number of carbonyl (C=O) groups is 2. The van der Waals surface area contributed by atoms with Crippen molar-refractivity contribution in [3.05, 3.63) is 63.4 Å². The molecule has 0 aromatic heterocycles. The van der Waals surface area contributed by atoms with Gasteiger partial charge in [0.1, 0.15) is 36.1 Å². The maximum atomic E-state index is 15.7. The zero-order chi connectivity index (χ0) is 30.4. The van der Waals surface area contributed by atoms with Crippen molar-refractivity contribution in [3.8, 4) is 5.75 Å². The van der Waals surface area contributed by atoms with E-state index in [1.807, 2.05) is 4.90 Å². The van der Waals surface area contributed by atoms with Crippen LogP contribution in [0.25, 0.3) is 0 Å². The minimum atomic E-state index is -4.50. The van der Waals surface area contributed by atoms with Crippen LogP contribution < -0.4 is 4.74 Å². The number of benzene rings is 2. The summed E-state index contributed by atoms with van der Waals surface area (Å²) in [5, 5.41) is 9.35. The number of hydrogen-bond donors (Lipinski definition) is 1. The van der Waals surface area contributed by atoms with Crippen molar-refractivity contribution in [2.75, 3.05) is 26.2 Å². The largest absolute Gasteiger partial charge is 0.490 e. The molecule has 1 amide bonds. The Bertz CT molecular complexity index is 1360. The number of halogens is 7. The third-order valence-electron chi connectivity index (χ3n) is 8.16. The molecule has 1 saturated carbocycles. The monoisotopic (exact) mass is 618 g/mol. The smallest absolute Gasteiger partial charge is 0.416 e. The summed E-state index contributed by atoms with van der Waals surface area (Å²) in [7, 11) is 0. The lowest BCUT2D eigenvalue weighted by molar-refractivity contribution is -0.141. The Morgan fingerprint density at radius 3 is 2.40 bits per heavy atom. The lowest BCUT2D eigenvalue weighted by Crippen LogP contribution is -2.44. The molecule has 1 N–H and O–H groups in total. The minimum Gasteiger partial charge on any atom is -0.490 e. The van der Waals surface area contributed by atoms with Crippen molar-refractivity contribution in [1.29, 1.82) is 0 Å². The van der Waals surface area contributed by atoms with Gasteiger partial charge >= 0.3 is 12.1 Å². The average Bonchev–Trinajstić information content (AvgIpc) is 3.69. The zero-order valence-corrected chi connectivity index (χ0v) is 23.2. The van der Waals surface area contributed by atoms with Crippen molar-refractivity contribution in [1.82, 2.24) is 9.80 Å². The number of alkyl halides is 5. The van der Waals surface area contributed by atoms with E-state index < -0.39 is 53.9 Å². The number of piperidine rings is 1. The van der Waals surface area contributed by atoms with Crippen LogP contribution in [0.15, 0.2) is 30.3 Å². The highest BCUT2D eigenvalue weighted by atomic mass is 35.5. The predicted octanol–water partition coefficient (Wildman–Crippen LogP) is 6.40. The van der Waals surface area contributed by atoms with E-state index in [1.54, 1.807) is 0 Å². The van der Waals surface area contributed by atoms with E-state index >= 15 is 8.78 Å². The first-order chi connectivity index (χ1) is 19.7. The van der Waals surface area contributed by atoms with Gasteiger partial charge in [0.25, 0.3) is 5.91 Å². The van der Waals surface area contributed by atoms with E-state index in [9.17, 15) is 32.3 Å². The fourth-order valence-corrected chi connectivity index (χ4v) is 5.77. The Morgan fingerprint density at radius 2 is 1.81 bits per heavy atom. The van der Waals surface area contributed by atoms with E-state index in [0.29, 0.717) is 24.2 Å². The lowest BCUT2D eigenvalue weighted by atomic mass is 9.93. The van der Waals surface area contributed by atoms with Crippen LogP contribution in [0.2, 0.25) is 5.02 Å². The van der Waals surface area contributed by atoms with Crippen molar-refractivity contribution >= 4 is 23.5 Å². The van der Waals surface area contributed by atoms with Gasteiger partial charge < -0.3 is 14.7 Å². The highest BCUT2D eigenvalue weighted by Crippen LogP contribution is 2.46. The number of aliphatic carboxylic acids is 1. The summed E-state index contributed by atoms with van der Waals surface area (Å²) in [6.45, 7) is 0.0302. The van der Waals surface area contributed by atoms with Crippen molar-refractivity contribution in [3.63, 3.8) is 0 Å². The molecule has 0 spiro atoms. The van der Waals surface area contributed by atoms with Crippen LogP contribution in [0, 0.1) is 5.82 Å². The van der Waals surface area contributed by atoms with Gasteiger partial charge in [0.05, 0.1) is 17.7 Å². The molecule has 6 nitrogen and oxygen atoms in total. The third kappa shape index (κ3) is 6.64. The van der Waals surface area contributed by atoms with Crippen molar-refractivity contribution in [2.24, 2.45) is 0 Å². The van der Waals surface area contributed by atoms with Gasteiger partial charge in [-0.3, -0.25) is 9.69 Å². The fraction of sp³-hybridized carbons (Fsp3) is 0.517. The Labute approximate surface area is 243 Å². The summed E-state index contributed by atoms with van der Waals surface area (Å²) in [6, 6.07) is 4.06. The molecule has 1 aliphatic carbocycles. The summed E-state index contributed by atoms with van der Waals surface area (Å²) >= 11 is 6.06. The quantitative estimate of drug-likeness (QED) is 0.347. The van der Waals surface area contributed by atoms with Gasteiger partial charge in [0, 0.05) is 37.1 Å². The normalized spacial score (nSPS) is 22.8. The van der Waals surface area contributed by atoms with Gasteiger partial charge in [-0.15, -0.1) is 0 Å². The molecule has 2 saturated heterocycles. The second-order valence-electron chi connectivity index (χ2n) is 11.3. The number of rotatable bonds is 8. The van der Waals surface area contributed by atoms with Gasteiger partial charge in [-0.2, -0.15) is 13.2 Å². The summed E-state index contributed by atoms with van der Waals surface area (Å²) in [5.74, 6) is -3.19. The summed E-state index contributed by atoms with van der Waals surface area (Å²) in [5.41, 5.74) is -1.96. The molecular weight excluding hydrogens is 590 g/mol. The summed E-state index contributed by atoms with van der Waals surface area (Å²) < 4.78 is 89.3. The number of carboxylic acids is 1. The van der Waals surface area contributed by atoms with Crippen LogP contribution in [0.5, 0.6) is 5.75 Å². The Kier molecular flexibility index (Phi) is 8.41. The highest BCUT2D eigenvalue weighted by Gasteiger charge is 2.42. The lowest BCUT2D eigenvalue weighted by Gasteiger charge is -2.36. The van der Waals surface area contributed by atoms with E-state index in [2.05, 4.69) is 0 Å². The molecule has 0 unspecified atom stereocenters. The first-order valence-electron chi connectivity index (χ1n) is 13.6. The van der Waals surface area contributed by atoms with E-state index in [1.165, 1.54) is 12.1 Å². The van der Waals surface area contributed by atoms with Crippen LogP contribution in [0.3, 0.4) is 0 Å². The van der Waals surface area contributed by atoms with Crippen LogP contribution in [0.1, 0.15) is 65.1 Å². The van der Waals surface area contributed by atoms with Gasteiger partial charge in [0.15, 0.2) is 0 Å². The molecule has 2 aromatic carbocycles.